The molecule has 0 aliphatic carbocycles. The van der Waals surface area contributed by atoms with Crippen LogP contribution >= 0.6 is 0 Å². The van der Waals surface area contributed by atoms with E-state index in [1.807, 2.05) is 23.1 Å². The van der Waals surface area contributed by atoms with Crippen molar-refractivity contribution in [1.82, 2.24) is 4.90 Å². The quantitative estimate of drug-likeness (QED) is 0.835. The van der Waals surface area contributed by atoms with Gasteiger partial charge in [-0.25, -0.2) is 0 Å². The average Bonchev–Trinajstić information content (AvgIpc) is 2.48. The Bertz CT molecular complexity index is 456. The second kappa shape index (κ2) is 7.05. The molecule has 21 heavy (non-hydrogen) atoms. The Morgan fingerprint density at radius 3 is 2.76 bits per heavy atom. The van der Waals surface area contributed by atoms with E-state index in [1.54, 1.807) is 7.11 Å². The van der Waals surface area contributed by atoms with E-state index in [9.17, 15) is 4.79 Å². The molecule has 0 unspecified atom stereocenters. The van der Waals surface area contributed by atoms with Gasteiger partial charge in [0.05, 0.1) is 19.3 Å². The van der Waals surface area contributed by atoms with Gasteiger partial charge in [-0.3, -0.25) is 4.79 Å². The highest BCUT2D eigenvalue weighted by molar-refractivity contribution is 5.78. The van der Waals surface area contributed by atoms with Gasteiger partial charge < -0.3 is 14.4 Å². The molecule has 2 rings (SSSR count). The molecule has 0 radical (unpaired) electrons. The maximum absolute atomic E-state index is 12.6. The zero-order chi connectivity index (χ0) is 15.3. The summed E-state index contributed by atoms with van der Waals surface area (Å²) in [5.74, 6) is 0.188. The molecule has 116 valence electrons. The van der Waals surface area contributed by atoms with Gasteiger partial charge in [0.1, 0.15) is 0 Å². The molecule has 1 aliphatic rings. The van der Waals surface area contributed by atoms with Gasteiger partial charge in [-0.15, -0.1) is 0 Å². The van der Waals surface area contributed by atoms with Crippen LogP contribution in [0.5, 0.6) is 0 Å². The largest absolute Gasteiger partial charge is 0.382 e. The van der Waals surface area contributed by atoms with Crippen molar-refractivity contribution in [3.05, 3.63) is 35.9 Å². The van der Waals surface area contributed by atoms with Crippen LogP contribution in [-0.4, -0.2) is 50.3 Å². The molecule has 1 aromatic carbocycles. The number of benzene rings is 1. The lowest BCUT2D eigenvalue weighted by Gasteiger charge is -2.35. The summed E-state index contributed by atoms with van der Waals surface area (Å²) in [6.07, 6.45) is 0.504. The molecule has 0 bridgehead atoms. The Hall–Kier alpha value is -1.39. The van der Waals surface area contributed by atoms with Crippen LogP contribution in [0, 0.1) is 0 Å². The Kier molecular flexibility index (Phi) is 5.37. The molecule has 1 saturated heterocycles. The van der Waals surface area contributed by atoms with Crippen LogP contribution in [0.15, 0.2) is 30.3 Å². The van der Waals surface area contributed by atoms with Crippen molar-refractivity contribution >= 4 is 5.91 Å². The van der Waals surface area contributed by atoms with Crippen molar-refractivity contribution in [3.8, 4) is 0 Å². The molecule has 0 spiro atoms. The van der Waals surface area contributed by atoms with Crippen LogP contribution < -0.4 is 0 Å². The molecule has 1 atom stereocenters. The maximum Gasteiger partial charge on any atom is 0.223 e. The average molecular weight is 291 g/mol. The molecule has 1 aromatic rings. The molecule has 0 saturated carbocycles. The minimum atomic E-state index is -0.159. The van der Waals surface area contributed by atoms with E-state index in [0.717, 1.165) is 0 Å². The molecule has 1 fully saturated rings. The number of carbonyl (C=O) groups is 1. The van der Waals surface area contributed by atoms with Crippen molar-refractivity contribution in [3.63, 3.8) is 0 Å². The van der Waals surface area contributed by atoms with Crippen molar-refractivity contribution in [2.75, 3.05) is 33.4 Å². The standard InChI is InChI=1S/C17H25NO3/c1-17(2,14-7-5-4-6-8-14)11-16(19)18-9-10-21-15(12-18)13-20-3/h4-8,15H,9-13H2,1-3H3/t15-/m1/s1. The van der Waals surface area contributed by atoms with E-state index >= 15 is 0 Å². The smallest absolute Gasteiger partial charge is 0.223 e. The van der Waals surface area contributed by atoms with Crippen LogP contribution in [0.1, 0.15) is 25.8 Å². The number of amides is 1. The minimum Gasteiger partial charge on any atom is -0.382 e. The lowest BCUT2D eigenvalue weighted by molar-refractivity contribution is -0.141. The monoisotopic (exact) mass is 291 g/mol. The first-order valence-electron chi connectivity index (χ1n) is 7.47. The number of rotatable bonds is 5. The number of morpholine rings is 1. The zero-order valence-electron chi connectivity index (χ0n) is 13.2. The van der Waals surface area contributed by atoms with Crippen molar-refractivity contribution < 1.29 is 14.3 Å². The van der Waals surface area contributed by atoms with Gasteiger partial charge in [0.15, 0.2) is 0 Å². The number of hydrogen-bond acceptors (Lipinski definition) is 3. The van der Waals surface area contributed by atoms with Crippen LogP contribution in [-0.2, 0) is 19.7 Å². The van der Waals surface area contributed by atoms with Gasteiger partial charge in [-0.2, -0.15) is 0 Å². The van der Waals surface area contributed by atoms with Crippen LogP contribution in [0.25, 0.3) is 0 Å². The summed E-state index contributed by atoms with van der Waals surface area (Å²) in [6.45, 7) is 6.65. The lowest BCUT2D eigenvalue weighted by atomic mass is 9.81. The summed E-state index contributed by atoms with van der Waals surface area (Å²) in [4.78, 5) is 14.5. The highest BCUT2D eigenvalue weighted by atomic mass is 16.5. The Morgan fingerprint density at radius 1 is 1.38 bits per heavy atom. The number of ether oxygens (including phenoxy) is 2. The Balaban J connectivity index is 1.97. The highest BCUT2D eigenvalue weighted by Gasteiger charge is 2.30. The van der Waals surface area contributed by atoms with Gasteiger partial charge >= 0.3 is 0 Å². The fourth-order valence-electron chi connectivity index (χ4n) is 2.71. The Labute approximate surface area is 127 Å². The fourth-order valence-corrected chi connectivity index (χ4v) is 2.71. The molecule has 1 amide bonds. The van der Waals surface area contributed by atoms with Crippen LogP contribution in [0.4, 0.5) is 0 Å². The summed E-state index contributed by atoms with van der Waals surface area (Å²) < 4.78 is 10.7. The first-order chi connectivity index (χ1) is 10.0. The molecule has 1 aliphatic heterocycles. The summed E-state index contributed by atoms with van der Waals surface area (Å²) in [5.41, 5.74) is 1.04. The molecule has 4 nitrogen and oxygen atoms in total. The van der Waals surface area contributed by atoms with E-state index in [4.69, 9.17) is 9.47 Å². The second-order valence-electron chi connectivity index (χ2n) is 6.21. The van der Waals surface area contributed by atoms with Gasteiger partial charge in [-0.1, -0.05) is 44.2 Å². The Morgan fingerprint density at radius 2 is 2.10 bits per heavy atom. The van der Waals surface area contributed by atoms with Gasteiger partial charge in [-0.05, 0) is 11.0 Å². The van der Waals surface area contributed by atoms with Gasteiger partial charge in [0.25, 0.3) is 0 Å². The van der Waals surface area contributed by atoms with Crippen molar-refractivity contribution in [2.24, 2.45) is 0 Å². The SMILES string of the molecule is COC[C@H]1CN(C(=O)CC(C)(C)c2ccccc2)CCO1. The molecular formula is C17H25NO3. The topological polar surface area (TPSA) is 38.8 Å². The molecular weight excluding hydrogens is 266 g/mol. The van der Waals surface area contributed by atoms with Crippen LogP contribution in [0.2, 0.25) is 0 Å². The first-order valence-corrected chi connectivity index (χ1v) is 7.47. The minimum absolute atomic E-state index is 0.00691. The van der Waals surface area contributed by atoms with E-state index in [-0.39, 0.29) is 17.4 Å². The van der Waals surface area contributed by atoms with Crippen molar-refractivity contribution in [2.45, 2.75) is 31.8 Å². The maximum atomic E-state index is 12.6. The number of carbonyl (C=O) groups excluding carboxylic acids is 1. The zero-order valence-corrected chi connectivity index (χ0v) is 13.2. The van der Waals surface area contributed by atoms with Gasteiger partial charge in [0.2, 0.25) is 5.91 Å². The van der Waals surface area contributed by atoms with E-state index in [0.29, 0.717) is 32.7 Å². The van der Waals surface area contributed by atoms with Gasteiger partial charge in [0, 0.05) is 26.6 Å². The van der Waals surface area contributed by atoms with E-state index in [2.05, 4.69) is 26.0 Å². The third-order valence-electron chi connectivity index (χ3n) is 3.99. The van der Waals surface area contributed by atoms with Crippen molar-refractivity contribution in [1.29, 1.82) is 0 Å². The first kappa shape index (κ1) is 16.0. The summed E-state index contributed by atoms with van der Waals surface area (Å²) in [5, 5.41) is 0. The molecule has 0 aromatic heterocycles. The summed E-state index contributed by atoms with van der Waals surface area (Å²) >= 11 is 0. The predicted octanol–water partition coefficient (Wildman–Crippen LogP) is 2.23. The summed E-state index contributed by atoms with van der Waals surface area (Å²) in [6, 6.07) is 10.2. The number of nitrogens with zero attached hydrogens (tertiary/aromatic N) is 1. The van der Waals surface area contributed by atoms with E-state index in [1.165, 1.54) is 5.56 Å². The third kappa shape index (κ3) is 4.29. The molecule has 4 heteroatoms. The van der Waals surface area contributed by atoms with E-state index < -0.39 is 0 Å². The second-order valence-corrected chi connectivity index (χ2v) is 6.21. The number of methoxy groups -OCH3 is 1. The lowest BCUT2D eigenvalue weighted by Crippen LogP contribution is -2.48. The van der Waals surface area contributed by atoms with Crippen LogP contribution in [0.3, 0.4) is 0 Å². The normalized spacial score (nSPS) is 19.6. The number of hydrogen-bond donors (Lipinski definition) is 0. The summed E-state index contributed by atoms with van der Waals surface area (Å²) in [7, 11) is 1.66. The third-order valence-corrected chi connectivity index (χ3v) is 3.99. The fraction of sp³-hybridized carbons (Fsp3) is 0.588. The highest BCUT2D eigenvalue weighted by Crippen LogP contribution is 2.27. The molecule has 0 N–H and O–H groups in total. The molecule has 1 heterocycles. The predicted molar refractivity (Wildman–Crippen MR) is 82.3 cm³/mol.